The van der Waals surface area contributed by atoms with Crippen LogP contribution in [0.1, 0.15) is 29.7 Å². The number of amides is 1. The van der Waals surface area contributed by atoms with E-state index in [9.17, 15) is 4.79 Å². The number of fused-ring (bicyclic) bond motifs is 1. The minimum absolute atomic E-state index is 0.0329. The fourth-order valence-electron chi connectivity index (χ4n) is 2.54. The predicted molar refractivity (Wildman–Crippen MR) is 96.4 cm³/mol. The molecule has 1 heterocycles. The molecule has 2 aromatic carbocycles. The van der Waals surface area contributed by atoms with E-state index in [2.05, 4.69) is 22.8 Å². The van der Waals surface area contributed by atoms with Gasteiger partial charge in [-0.1, -0.05) is 42.5 Å². The molecule has 3 rings (SSSR count). The summed E-state index contributed by atoms with van der Waals surface area (Å²) in [6.07, 6.45) is 0.419. The van der Waals surface area contributed by atoms with Gasteiger partial charge in [0.1, 0.15) is 0 Å². The second-order valence-electron chi connectivity index (χ2n) is 5.74. The highest BCUT2D eigenvalue weighted by molar-refractivity contribution is 7.17. The van der Waals surface area contributed by atoms with E-state index in [0.717, 1.165) is 16.7 Å². The first-order valence-corrected chi connectivity index (χ1v) is 8.57. The number of benzene rings is 2. The number of nitrogens with two attached hydrogens (primary N) is 1. The molecule has 0 aliphatic rings. The molecule has 0 bridgehead atoms. The van der Waals surface area contributed by atoms with Crippen LogP contribution in [0.15, 0.2) is 53.9 Å². The van der Waals surface area contributed by atoms with Crippen molar-refractivity contribution < 1.29 is 4.79 Å². The zero-order chi connectivity index (χ0) is 16.2. The average Bonchev–Trinajstić information content (AvgIpc) is 2.96. The van der Waals surface area contributed by atoms with E-state index in [1.54, 1.807) is 11.3 Å². The number of rotatable bonds is 5. The van der Waals surface area contributed by atoms with E-state index >= 15 is 0 Å². The maximum absolute atomic E-state index is 12.2. The zero-order valence-corrected chi connectivity index (χ0v) is 13.9. The number of hydrogen-bond acceptors (Lipinski definition) is 3. The van der Waals surface area contributed by atoms with Gasteiger partial charge in [0.25, 0.3) is 0 Å². The van der Waals surface area contributed by atoms with Crippen LogP contribution >= 0.6 is 11.3 Å². The summed E-state index contributed by atoms with van der Waals surface area (Å²) in [5.74, 6) is 0.0461. The van der Waals surface area contributed by atoms with E-state index in [1.165, 1.54) is 10.1 Å². The number of carbonyl (C=O) groups excluding carboxylic acids is 1. The Labute approximate surface area is 140 Å². The highest BCUT2D eigenvalue weighted by Gasteiger charge is 2.08. The van der Waals surface area contributed by atoms with Crippen molar-refractivity contribution in [2.24, 2.45) is 5.73 Å². The Kier molecular flexibility index (Phi) is 4.74. The van der Waals surface area contributed by atoms with Gasteiger partial charge in [0.05, 0.1) is 6.42 Å². The standard InChI is InChI=1S/C19H20N2OS/c1-13(20)15-8-6-14(7-9-15)11-21-19(22)10-16-12-23-18-5-3-2-4-17(16)18/h2-9,12-13H,10-11,20H2,1H3,(H,21,22). The molecule has 3 aromatic rings. The Morgan fingerprint density at radius 1 is 1.17 bits per heavy atom. The number of hydrogen-bond donors (Lipinski definition) is 2. The van der Waals surface area contributed by atoms with E-state index in [1.807, 2.05) is 43.3 Å². The molecular formula is C19H20N2OS. The molecule has 1 aromatic heterocycles. The van der Waals surface area contributed by atoms with Gasteiger partial charge in [-0.05, 0) is 40.4 Å². The van der Waals surface area contributed by atoms with Crippen LogP contribution < -0.4 is 11.1 Å². The molecule has 1 atom stereocenters. The van der Waals surface area contributed by atoms with Crippen LogP contribution in [-0.4, -0.2) is 5.91 Å². The Hall–Kier alpha value is -2.17. The van der Waals surface area contributed by atoms with Gasteiger partial charge in [-0.2, -0.15) is 0 Å². The lowest BCUT2D eigenvalue weighted by Gasteiger charge is -2.08. The molecule has 0 saturated heterocycles. The fourth-order valence-corrected chi connectivity index (χ4v) is 3.51. The Bertz CT molecular complexity index is 806. The van der Waals surface area contributed by atoms with Crippen LogP contribution in [0, 0.1) is 0 Å². The highest BCUT2D eigenvalue weighted by atomic mass is 32.1. The SMILES string of the molecule is CC(N)c1ccc(CNC(=O)Cc2csc3ccccc23)cc1. The topological polar surface area (TPSA) is 55.1 Å². The zero-order valence-electron chi connectivity index (χ0n) is 13.1. The summed E-state index contributed by atoms with van der Waals surface area (Å²) in [4.78, 5) is 12.2. The number of thiophene rings is 1. The van der Waals surface area contributed by atoms with E-state index in [0.29, 0.717) is 13.0 Å². The van der Waals surface area contributed by atoms with Crippen LogP contribution in [0.3, 0.4) is 0 Å². The quantitative estimate of drug-likeness (QED) is 0.750. The van der Waals surface area contributed by atoms with Gasteiger partial charge in [-0.25, -0.2) is 0 Å². The number of nitrogens with one attached hydrogen (secondary N) is 1. The maximum Gasteiger partial charge on any atom is 0.224 e. The first kappa shape index (κ1) is 15.7. The first-order valence-electron chi connectivity index (χ1n) is 7.69. The van der Waals surface area contributed by atoms with Gasteiger partial charge in [0.15, 0.2) is 0 Å². The van der Waals surface area contributed by atoms with Gasteiger partial charge < -0.3 is 11.1 Å². The summed E-state index contributed by atoms with van der Waals surface area (Å²) in [5.41, 5.74) is 9.11. The molecule has 0 aliphatic heterocycles. The molecular weight excluding hydrogens is 304 g/mol. The number of carbonyl (C=O) groups is 1. The Morgan fingerprint density at radius 3 is 2.65 bits per heavy atom. The summed E-state index contributed by atoms with van der Waals surface area (Å²) < 4.78 is 1.22. The first-order chi connectivity index (χ1) is 11.1. The molecule has 3 N–H and O–H groups in total. The normalized spacial score (nSPS) is 12.3. The Morgan fingerprint density at radius 2 is 1.91 bits per heavy atom. The van der Waals surface area contributed by atoms with Crippen molar-refractivity contribution in [3.05, 3.63) is 70.6 Å². The molecule has 1 unspecified atom stereocenters. The van der Waals surface area contributed by atoms with Crippen molar-refractivity contribution in [3.8, 4) is 0 Å². The minimum Gasteiger partial charge on any atom is -0.352 e. The minimum atomic E-state index is 0.0329. The molecule has 0 saturated carbocycles. The molecule has 0 fully saturated rings. The Balaban J connectivity index is 1.59. The van der Waals surface area contributed by atoms with Gasteiger partial charge in [0, 0.05) is 17.3 Å². The lowest BCUT2D eigenvalue weighted by Crippen LogP contribution is -2.24. The maximum atomic E-state index is 12.2. The summed E-state index contributed by atoms with van der Waals surface area (Å²) in [6, 6.07) is 16.3. The third-order valence-corrected chi connectivity index (χ3v) is 4.92. The lowest BCUT2D eigenvalue weighted by atomic mass is 10.1. The molecule has 0 radical (unpaired) electrons. The summed E-state index contributed by atoms with van der Waals surface area (Å²) in [6.45, 7) is 2.50. The van der Waals surface area contributed by atoms with Crippen LogP contribution in [0.5, 0.6) is 0 Å². The van der Waals surface area contributed by atoms with Gasteiger partial charge in [-0.15, -0.1) is 11.3 Å². The van der Waals surface area contributed by atoms with E-state index in [-0.39, 0.29) is 11.9 Å². The highest BCUT2D eigenvalue weighted by Crippen LogP contribution is 2.25. The van der Waals surface area contributed by atoms with Gasteiger partial charge >= 0.3 is 0 Å². The predicted octanol–water partition coefficient (Wildman–Crippen LogP) is 3.78. The van der Waals surface area contributed by atoms with Crippen molar-refractivity contribution in [3.63, 3.8) is 0 Å². The fraction of sp³-hybridized carbons (Fsp3) is 0.211. The summed E-state index contributed by atoms with van der Waals surface area (Å²) in [7, 11) is 0. The summed E-state index contributed by atoms with van der Waals surface area (Å²) in [5, 5.41) is 6.23. The van der Waals surface area contributed by atoms with Crippen LogP contribution in [-0.2, 0) is 17.8 Å². The third-order valence-electron chi connectivity index (χ3n) is 3.91. The molecule has 23 heavy (non-hydrogen) atoms. The van der Waals surface area contributed by atoms with Crippen LogP contribution in [0.2, 0.25) is 0 Å². The molecule has 0 aliphatic carbocycles. The van der Waals surface area contributed by atoms with Crippen molar-refractivity contribution in [1.82, 2.24) is 5.32 Å². The van der Waals surface area contributed by atoms with Gasteiger partial charge in [-0.3, -0.25) is 4.79 Å². The summed E-state index contributed by atoms with van der Waals surface area (Å²) >= 11 is 1.68. The van der Waals surface area contributed by atoms with Crippen molar-refractivity contribution >= 4 is 27.3 Å². The molecule has 1 amide bonds. The molecule has 3 nitrogen and oxygen atoms in total. The van der Waals surface area contributed by atoms with Crippen molar-refractivity contribution in [2.75, 3.05) is 0 Å². The third kappa shape index (κ3) is 3.78. The van der Waals surface area contributed by atoms with E-state index < -0.39 is 0 Å². The van der Waals surface area contributed by atoms with Gasteiger partial charge in [0.2, 0.25) is 5.91 Å². The second-order valence-corrected chi connectivity index (χ2v) is 6.65. The van der Waals surface area contributed by atoms with Crippen LogP contribution in [0.25, 0.3) is 10.1 Å². The lowest BCUT2D eigenvalue weighted by molar-refractivity contribution is -0.120. The van der Waals surface area contributed by atoms with E-state index in [4.69, 9.17) is 5.73 Å². The monoisotopic (exact) mass is 324 g/mol. The van der Waals surface area contributed by atoms with Crippen molar-refractivity contribution in [1.29, 1.82) is 0 Å². The molecule has 4 heteroatoms. The largest absolute Gasteiger partial charge is 0.352 e. The smallest absolute Gasteiger partial charge is 0.224 e. The average molecular weight is 324 g/mol. The van der Waals surface area contributed by atoms with Crippen molar-refractivity contribution in [2.45, 2.75) is 25.9 Å². The molecule has 118 valence electrons. The molecule has 0 spiro atoms. The van der Waals surface area contributed by atoms with Crippen LogP contribution in [0.4, 0.5) is 0 Å². The second kappa shape index (κ2) is 6.94.